The summed E-state index contributed by atoms with van der Waals surface area (Å²) in [5.41, 5.74) is 4.55. The number of amidine groups is 1. The van der Waals surface area contributed by atoms with Crippen LogP contribution in [-0.4, -0.2) is 16.7 Å². The van der Waals surface area contributed by atoms with E-state index in [1.54, 1.807) is 11.3 Å². The van der Waals surface area contributed by atoms with Crippen LogP contribution in [0, 0.1) is 10.8 Å². The van der Waals surface area contributed by atoms with Gasteiger partial charge in [-0.3, -0.25) is 15.1 Å². The van der Waals surface area contributed by atoms with E-state index in [1.807, 2.05) is 64.9 Å². The van der Waals surface area contributed by atoms with E-state index in [9.17, 15) is 15.3 Å². The molecule has 0 spiro atoms. The molecular weight excluding hydrogens is 452 g/mol. The lowest BCUT2D eigenvalue weighted by Crippen LogP contribution is -2.45. The largest absolute Gasteiger partial charge is 0.507 e. The number of hydrogen-bond acceptors (Lipinski definition) is 4. The van der Waals surface area contributed by atoms with Crippen molar-refractivity contribution in [1.82, 2.24) is 0 Å². The number of anilines is 1. The van der Waals surface area contributed by atoms with E-state index in [4.69, 9.17) is 0 Å². The fraction of sp³-hybridized carbons (Fsp3) is 0.267. The Morgan fingerprint density at radius 2 is 1.77 bits per heavy atom. The Morgan fingerprint density at radius 3 is 2.40 bits per heavy atom. The SMILES string of the molecule is CCc1ccc(N2C(=N)/C(=C(/O)c3ccccc3)C(c3cccs3)C3=C2CC(C)(C)CC3=O)cc1. The first-order chi connectivity index (χ1) is 16.8. The molecule has 1 aliphatic heterocycles. The van der Waals surface area contributed by atoms with Gasteiger partial charge in [-0.1, -0.05) is 69.3 Å². The molecule has 0 saturated carbocycles. The van der Waals surface area contributed by atoms with Crippen LogP contribution in [0.15, 0.2) is 89.0 Å². The Balaban J connectivity index is 1.81. The van der Waals surface area contributed by atoms with Gasteiger partial charge in [0.2, 0.25) is 0 Å². The van der Waals surface area contributed by atoms with Crippen LogP contribution in [0.2, 0.25) is 0 Å². The molecule has 0 amide bonds. The lowest BCUT2D eigenvalue weighted by Gasteiger charge is -2.45. The number of benzene rings is 2. The summed E-state index contributed by atoms with van der Waals surface area (Å²) < 4.78 is 0. The highest BCUT2D eigenvalue weighted by atomic mass is 32.1. The highest BCUT2D eigenvalue weighted by molar-refractivity contribution is 7.10. The molecule has 1 atom stereocenters. The van der Waals surface area contributed by atoms with Gasteiger partial charge in [0.1, 0.15) is 11.6 Å². The van der Waals surface area contributed by atoms with Crippen molar-refractivity contribution in [3.8, 4) is 0 Å². The second kappa shape index (κ2) is 8.97. The molecule has 2 aromatic carbocycles. The first-order valence-corrected chi connectivity index (χ1v) is 12.9. The molecule has 2 aliphatic rings. The third kappa shape index (κ3) is 4.14. The third-order valence-corrected chi connectivity index (χ3v) is 7.89. The standard InChI is InChI=1S/C30H30N2O2S/c1-4-19-12-14-21(15-13-19)32-22-17-30(2,3)18-23(33)25(22)26(24-11-8-16-35-24)27(29(32)31)28(34)20-9-6-5-7-10-20/h5-16,26,31,34H,4,17-18H2,1-3H3/b28-27+,31-29?. The van der Waals surface area contributed by atoms with Crippen LogP contribution in [0.4, 0.5) is 5.69 Å². The van der Waals surface area contributed by atoms with Crippen molar-refractivity contribution in [1.29, 1.82) is 5.41 Å². The predicted molar refractivity (Wildman–Crippen MR) is 144 cm³/mol. The van der Waals surface area contributed by atoms with Gasteiger partial charge in [0.25, 0.3) is 0 Å². The summed E-state index contributed by atoms with van der Waals surface area (Å²) in [4.78, 5) is 16.6. The Bertz CT molecular complexity index is 1330. The molecule has 5 heteroatoms. The van der Waals surface area contributed by atoms with Crippen LogP contribution in [-0.2, 0) is 11.2 Å². The van der Waals surface area contributed by atoms with Gasteiger partial charge in [0.05, 0.1) is 11.5 Å². The molecule has 5 rings (SSSR count). The lowest BCUT2D eigenvalue weighted by molar-refractivity contribution is -0.118. The summed E-state index contributed by atoms with van der Waals surface area (Å²) in [5, 5.41) is 23.0. The minimum absolute atomic E-state index is 0.0494. The molecule has 1 unspecified atom stereocenters. The zero-order valence-corrected chi connectivity index (χ0v) is 21.2. The van der Waals surface area contributed by atoms with Crippen molar-refractivity contribution in [2.45, 2.75) is 46.0 Å². The fourth-order valence-electron chi connectivity index (χ4n) is 5.27. The zero-order chi connectivity index (χ0) is 24.7. The van der Waals surface area contributed by atoms with Crippen molar-refractivity contribution in [2.75, 3.05) is 4.90 Å². The highest BCUT2D eigenvalue weighted by Crippen LogP contribution is 2.51. The molecule has 178 valence electrons. The number of nitrogens with one attached hydrogen (secondary N) is 1. The first kappa shape index (κ1) is 23.3. The lowest BCUT2D eigenvalue weighted by atomic mass is 9.68. The number of thiophene rings is 1. The van der Waals surface area contributed by atoms with E-state index >= 15 is 0 Å². The molecule has 1 aromatic heterocycles. The number of aliphatic hydroxyl groups excluding tert-OH is 1. The fourth-order valence-corrected chi connectivity index (χ4v) is 6.11. The van der Waals surface area contributed by atoms with Crippen molar-refractivity contribution in [3.63, 3.8) is 0 Å². The molecule has 1 aliphatic carbocycles. The van der Waals surface area contributed by atoms with E-state index in [-0.39, 0.29) is 22.8 Å². The normalized spacial score (nSPS) is 21.2. The minimum Gasteiger partial charge on any atom is -0.507 e. The van der Waals surface area contributed by atoms with Crippen molar-refractivity contribution >= 4 is 34.4 Å². The summed E-state index contributed by atoms with van der Waals surface area (Å²) in [6.07, 6.45) is 2.06. The molecule has 2 N–H and O–H groups in total. The first-order valence-electron chi connectivity index (χ1n) is 12.1. The summed E-state index contributed by atoms with van der Waals surface area (Å²) >= 11 is 1.56. The molecule has 35 heavy (non-hydrogen) atoms. The number of aryl methyl sites for hydroxylation is 1. The van der Waals surface area contributed by atoms with Crippen LogP contribution in [0.5, 0.6) is 0 Å². The quantitative estimate of drug-likeness (QED) is 0.378. The number of Topliss-reactive ketones (excluding diaryl/α,β-unsaturated/α-hetero) is 1. The number of rotatable bonds is 4. The van der Waals surface area contributed by atoms with Gasteiger partial charge < -0.3 is 5.11 Å². The number of ketones is 1. The monoisotopic (exact) mass is 482 g/mol. The smallest absolute Gasteiger partial charge is 0.162 e. The molecular formula is C30H30N2O2S. The average molecular weight is 483 g/mol. The maximum absolute atomic E-state index is 13.8. The molecule has 4 nitrogen and oxygen atoms in total. The van der Waals surface area contributed by atoms with Gasteiger partial charge >= 0.3 is 0 Å². The van der Waals surface area contributed by atoms with Gasteiger partial charge in [0, 0.05) is 33.8 Å². The Morgan fingerprint density at radius 1 is 1.06 bits per heavy atom. The van der Waals surface area contributed by atoms with E-state index in [0.717, 1.165) is 22.7 Å². The van der Waals surface area contributed by atoms with Gasteiger partial charge in [-0.15, -0.1) is 11.3 Å². The number of nitrogens with zero attached hydrogens (tertiary/aromatic N) is 1. The van der Waals surface area contributed by atoms with Gasteiger partial charge in [-0.2, -0.15) is 0 Å². The Kier molecular flexibility index (Phi) is 5.97. The van der Waals surface area contributed by atoms with Crippen LogP contribution in [0.25, 0.3) is 5.76 Å². The number of allylic oxidation sites excluding steroid dienone is 2. The number of hydrogen-bond donors (Lipinski definition) is 2. The van der Waals surface area contributed by atoms with E-state index in [0.29, 0.717) is 29.6 Å². The van der Waals surface area contributed by atoms with Crippen molar-refractivity contribution in [3.05, 3.63) is 105 Å². The van der Waals surface area contributed by atoms with Crippen LogP contribution in [0.3, 0.4) is 0 Å². The van der Waals surface area contributed by atoms with E-state index in [1.165, 1.54) is 5.56 Å². The maximum Gasteiger partial charge on any atom is 0.162 e. The summed E-state index contributed by atoms with van der Waals surface area (Å²) in [6, 6.07) is 21.5. The van der Waals surface area contributed by atoms with Crippen molar-refractivity contribution in [2.24, 2.45) is 5.41 Å². The van der Waals surface area contributed by atoms with Gasteiger partial charge in [-0.05, 0) is 47.4 Å². The Hall–Kier alpha value is -3.44. The summed E-state index contributed by atoms with van der Waals surface area (Å²) in [5.74, 6) is -0.102. The number of carbonyl (C=O) groups is 1. The van der Waals surface area contributed by atoms with Gasteiger partial charge in [-0.25, -0.2) is 0 Å². The van der Waals surface area contributed by atoms with Crippen LogP contribution in [0.1, 0.15) is 55.5 Å². The molecule has 0 radical (unpaired) electrons. The van der Waals surface area contributed by atoms with E-state index < -0.39 is 5.92 Å². The Labute approximate surface area is 210 Å². The molecule has 2 heterocycles. The second-order valence-corrected chi connectivity index (χ2v) is 11.1. The van der Waals surface area contributed by atoms with Crippen LogP contribution >= 0.6 is 11.3 Å². The molecule has 0 fully saturated rings. The zero-order valence-electron chi connectivity index (χ0n) is 20.3. The van der Waals surface area contributed by atoms with E-state index in [2.05, 4.69) is 32.9 Å². The molecule has 3 aromatic rings. The van der Waals surface area contributed by atoms with Crippen molar-refractivity contribution < 1.29 is 9.90 Å². The average Bonchev–Trinajstić information content (AvgIpc) is 3.38. The molecule has 0 bridgehead atoms. The van der Waals surface area contributed by atoms with Gasteiger partial charge in [0.15, 0.2) is 5.78 Å². The summed E-state index contributed by atoms with van der Waals surface area (Å²) in [7, 11) is 0. The predicted octanol–water partition coefficient (Wildman–Crippen LogP) is 7.50. The topological polar surface area (TPSA) is 64.4 Å². The third-order valence-electron chi connectivity index (χ3n) is 6.96. The highest BCUT2D eigenvalue weighted by Gasteiger charge is 2.47. The molecule has 0 saturated heterocycles. The minimum atomic E-state index is -0.465. The second-order valence-electron chi connectivity index (χ2n) is 10.1. The van der Waals surface area contributed by atoms with Crippen LogP contribution < -0.4 is 4.90 Å². The number of aliphatic hydroxyl groups is 1. The maximum atomic E-state index is 13.8. The number of carbonyl (C=O) groups excluding carboxylic acids is 1. The summed E-state index contributed by atoms with van der Waals surface area (Å²) in [6.45, 7) is 6.35.